The van der Waals surface area contributed by atoms with Crippen LogP contribution < -0.4 is 9.80 Å². The Balaban J connectivity index is 1.39. The van der Waals surface area contributed by atoms with Crippen molar-refractivity contribution >= 4 is 17.5 Å². The average Bonchev–Trinajstić information content (AvgIpc) is 3.19. The molecule has 1 unspecified atom stereocenters. The minimum absolute atomic E-state index is 0.0346. The van der Waals surface area contributed by atoms with Gasteiger partial charge in [0.15, 0.2) is 0 Å². The Morgan fingerprint density at radius 2 is 1.80 bits per heavy atom. The van der Waals surface area contributed by atoms with Gasteiger partial charge in [0, 0.05) is 49.9 Å². The average molecular weight is 560 g/mol. The molecule has 0 aliphatic carbocycles. The summed E-state index contributed by atoms with van der Waals surface area (Å²) >= 11 is 0. The zero-order chi connectivity index (χ0) is 29.5. The van der Waals surface area contributed by atoms with E-state index in [-0.39, 0.29) is 23.7 Å². The molecule has 4 heterocycles. The van der Waals surface area contributed by atoms with Crippen LogP contribution in [0.2, 0.25) is 0 Å². The molecular weight excluding hydrogens is 517 g/mol. The lowest BCUT2D eigenvalue weighted by Crippen LogP contribution is -2.61. The van der Waals surface area contributed by atoms with E-state index in [1.165, 1.54) is 0 Å². The van der Waals surface area contributed by atoms with E-state index in [0.717, 1.165) is 41.4 Å². The standard InChI is InChI=1S/C33H42FN5O2/c1-22(2)18-38-21-33(6,16-24-8-7-23(3)27(34)15-24)26-10-11-28(36-30(26)38)31(41)39-14-13-37(20-32(39,4)5)29-12-9-25(19-40)17-35-29/h7-12,15,17,22,40H,13-14,16,18-21H2,1-6H3. The number of aliphatic hydroxyl groups is 1. The first-order valence-electron chi connectivity index (χ1n) is 14.5. The van der Waals surface area contributed by atoms with Crippen molar-refractivity contribution in [2.45, 2.75) is 65.5 Å². The first-order valence-corrected chi connectivity index (χ1v) is 14.5. The number of carbonyl (C=O) groups excluding carboxylic acids is 1. The van der Waals surface area contributed by atoms with Gasteiger partial charge >= 0.3 is 0 Å². The van der Waals surface area contributed by atoms with Crippen molar-refractivity contribution in [1.82, 2.24) is 14.9 Å². The highest BCUT2D eigenvalue weighted by Crippen LogP contribution is 2.42. The highest BCUT2D eigenvalue weighted by molar-refractivity contribution is 5.94. The van der Waals surface area contributed by atoms with Crippen LogP contribution in [0.4, 0.5) is 16.0 Å². The molecule has 8 heteroatoms. The second-order valence-electron chi connectivity index (χ2n) is 13.0. The molecular formula is C33H42FN5O2. The molecule has 1 amide bonds. The summed E-state index contributed by atoms with van der Waals surface area (Å²) in [6, 6.07) is 13.2. The Morgan fingerprint density at radius 3 is 2.44 bits per heavy atom. The summed E-state index contributed by atoms with van der Waals surface area (Å²) in [5.41, 5.74) is 3.27. The predicted octanol–water partition coefficient (Wildman–Crippen LogP) is 5.13. The van der Waals surface area contributed by atoms with Gasteiger partial charge in [0.05, 0.1) is 12.1 Å². The topological polar surface area (TPSA) is 72.8 Å². The summed E-state index contributed by atoms with van der Waals surface area (Å²) in [4.78, 5) is 29.9. The number of amides is 1. The van der Waals surface area contributed by atoms with Gasteiger partial charge in [0.25, 0.3) is 5.91 Å². The highest BCUT2D eigenvalue weighted by Gasteiger charge is 2.42. The van der Waals surface area contributed by atoms with Gasteiger partial charge in [0.2, 0.25) is 0 Å². The number of fused-ring (bicyclic) bond motifs is 1. The zero-order valence-corrected chi connectivity index (χ0v) is 25.1. The fraction of sp³-hybridized carbons (Fsp3) is 0.485. The number of aliphatic hydroxyl groups excluding tert-OH is 1. The minimum atomic E-state index is -0.436. The van der Waals surface area contributed by atoms with Crippen molar-refractivity contribution in [2.24, 2.45) is 5.92 Å². The Kier molecular flexibility index (Phi) is 7.81. The molecule has 1 N–H and O–H groups in total. The number of pyridine rings is 2. The van der Waals surface area contributed by atoms with Crippen LogP contribution in [0, 0.1) is 18.7 Å². The summed E-state index contributed by atoms with van der Waals surface area (Å²) in [6.07, 6.45) is 2.39. The van der Waals surface area contributed by atoms with E-state index in [1.54, 1.807) is 19.2 Å². The van der Waals surface area contributed by atoms with Gasteiger partial charge in [-0.1, -0.05) is 45.0 Å². The lowest BCUT2D eigenvalue weighted by Gasteiger charge is -2.47. The summed E-state index contributed by atoms with van der Waals surface area (Å²) in [7, 11) is 0. The molecule has 1 aromatic carbocycles. The molecule has 0 radical (unpaired) electrons. The van der Waals surface area contributed by atoms with Gasteiger partial charge in [0.1, 0.15) is 23.1 Å². The van der Waals surface area contributed by atoms with Crippen LogP contribution in [-0.4, -0.2) is 64.1 Å². The van der Waals surface area contributed by atoms with Gasteiger partial charge < -0.3 is 19.8 Å². The summed E-state index contributed by atoms with van der Waals surface area (Å²) in [5.74, 6) is 1.89. The molecule has 0 spiro atoms. The highest BCUT2D eigenvalue weighted by atomic mass is 19.1. The Morgan fingerprint density at radius 1 is 1.05 bits per heavy atom. The number of anilines is 2. The van der Waals surface area contributed by atoms with Crippen molar-refractivity contribution in [3.63, 3.8) is 0 Å². The number of rotatable bonds is 7. The third-order valence-corrected chi connectivity index (χ3v) is 8.46. The fourth-order valence-electron chi connectivity index (χ4n) is 6.36. The monoisotopic (exact) mass is 559 g/mol. The molecule has 1 fully saturated rings. The number of aryl methyl sites for hydroxylation is 1. The molecule has 5 rings (SSSR count). The van der Waals surface area contributed by atoms with E-state index >= 15 is 0 Å². The normalized spacial score (nSPS) is 20.1. The van der Waals surface area contributed by atoms with Gasteiger partial charge in [-0.15, -0.1) is 0 Å². The largest absolute Gasteiger partial charge is 0.392 e. The molecule has 3 aromatic rings. The van der Waals surface area contributed by atoms with Crippen LogP contribution in [-0.2, 0) is 18.4 Å². The van der Waals surface area contributed by atoms with Crippen molar-refractivity contribution in [1.29, 1.82) is 0 Å². The van der Waals surface area contributed by atoms with Gasteiger partial charge in [-0.3, -0.25) is 4.79 Å². The van der Waals surface area contributed by atoms with Gasteiger partial charge in [-0.2, -0.15) is 0 Å². The van der Waals surface area contributed by atoms with Crippen LogP contribution in [0.1, 0.15) is 67.4 Å². The maximum Gasteiger partial charge on any atom is 0.273 e. The van der Waals surface area contributed by atoms with Gasteiger partial charge in [-0.05, 0) is 68.0 Å². The molecule has 41 heavy (non-hydrogen) atoms. The molecule has 0 bridgehead atoms. The molecule has 2 aliphatic heterocycles. The van der Waals surface area contributed by atoms with E-state index < -0.39 is 5.54 Å². The van der Waals surface area contributed by atoms with E-state index in [2.05, 4.69) is 55.5 Å². The number of hydrogen-bond acceptors (Lipinski definition) is 6. The third-order valence-electron chi connectivity index (χ3n) is 8.46. The second-order valence-corrected chi connectivity index (χ2v) is 13.0. The van der Waals surface area contributed by atoms with Crippen LogP contribution in [0.25, 0.3) is 0 Å². The number of benzene rings is 1. The van der Waals surface area contributed by atoms with Crippen molar-refractivity contribution < 1.29 is 14.3 Å². The van der Waals surface area contributed by atoms with E-state index in [4.69, 9.17) is 4.98 Å². The first kappa shape index (κ1) is 29.0. The molecule has 218 valence electrons. The zero-order valence-electron chi connectivity index (χ0n) is 25.1. The second kappa shape index (κ2) is 11.0. The van der Waals surface area contributed by atoms with Crippen LogP contribution in [0.5, 0.6) is 0 Å². The van der Waals surface area contributed by atoms with Crippen molar-refractivity contribution in [3.05, 3.63) is 82.4 Å². The van der Waals surface area contributed by atoms with Crippen LogP contribution in [0.3, 0.4) is 0 Å². The van der Waals surface area contributed by atoms with Gasteiger partial charge in [-0.25, -0.2) is 14.4 Å². The van der Waals surface area contributed by atoms with Crippen molar-refractivity contribution in [3.8, 4) is 0 Å². The van der Waals surface area contributed by atoms with E-state index in [0.29, 0.717) is 43.2 Å². The van der Waals surface area contributed by atoms with Crippen molar-refractivity contribution in [2.75, 3.05) is 42.5 Å². The number of hydrogen-bond donors (Lipinski definition) is 1. The van der Waals surface area contributed by atoms with Crippen LogP contribution in [0.15, 0.2) is 48.7 Å². The minimum Gasteiger partial charge on any atom is -0.392 e. The summed E-state index contributed by atoms with van der Waals surface area (Å²) < 4.78 is 14.4. The molecule has 2 aromatic heterocycles. The smallest absolute Gasteiger partial charge is 0.273 e. The molecule has 0 saturated carbocycles. The Labute approximate surface area is 243 Å². The third kappa shape index (κ3) is 5.80. The fourth-order valence-corrected chi connectivity index (χ4v) is 6.36. The van der Waals surface area contributed by atoms with E-state index in [9.17, 15) is 14.3 Å². The molecule has 1 atom stereocenters. The SMILES string of the molecule is Cc1ccc(CC2(C)CN(CC(C)C)c3nc(C(=O)N4CCN(c5ccc(CO)cn5)CC4(C)C)ccc32)cc1F. The summed E-state index contributed by atoms with van der Waals surface area (Å²) in [5, 5.41) is 9.34. The molecule has 1 saturated heterocycles. The number of piperazine rings is 1. The number of aromatic nitrogens is 2. The maximum absolute atomic E-state index is 14.4. The first-order chi connectivity index (χ1) is 19.4. The van der Waals surface area contributed by atoms with E-state index in [1.807, 2.05) is 35.2 Å². The number of halogens is 1. The molecule has 2 aliphatic rings. The maximum atomic E-state index is 14.4. The quantitative estimate of drug-likeness (QED) is 0.433. The Bertz CT molecular complexity index is 1420. The van der Waals surface area contributed by atoms with Crippen LogP contribution >= 0.6 is 0 Å². The summed E-state index contributed by atoms with van der Waals surface area (Å²) in [6.45, 7) is 16.0. The number of carbonyl (C=O) groups is 1. The lowest BCUT2D eigenvalue weighted by atomic mass is 9.79. The Hall–Kier alpha value is -3.52. The predicted molar refractivity (Wildman–Crippen MR) is 161 cm³/mol. The lowest BCUT2D eigenvalue weighted by molar-refractivity contribution is 0.0507. The number of nitrogens with zero attached hydrogens (tertiary/aromatic N) is 5. The molecule has 7 nitrogen and oxygen atoms in total.